The van der Waals surface area contributed by atoms with E-state index in [1.54, 1.807) is 0 Å². The van der Waals surface area contributed by atoms with Crippen LogP contribution < -0.4 is 5.32 Å². The second-order valence-corrected chi connectivity index (χ2v) is 5.40. The second-order valence-electron chi connectivity index (χ2n) is 4.49. The Hall–Kier alpha value is -0.380. The molecule has 0 saturated carbocycles. The maximum absolute atomic E-state index is 5.57. The Balaban J connectivity index is 2.38. The van der Waals surface area contributed by atoms with Gasteiger partial charge in [-0.15, -0.1) is 0 Å². The van der Waals surface area contributed by atoms with Gasteiger partial charge in [-0.1, -0.05) is 41.9 Å². The molecule has 1 aromatic carbocycles. The quantitative estimate of drug-likeness (QED) is 0.700. The van der Waals surface area contributed by atoms with Crippen LogP contribution in [0.2, 0.25) is 0 Å². The summed E-state index contributed by atoms with van der Waals surface area (Å²) in [5, 5.41) is 3.53. The third-order valence-electron chi connectivity index (χ3n) is 2.85. The number of ether oxygens (including phenoxy) is 1. The number of rotatable bonds is 9. The first-order chi connectivity index (χ1) is 8.76. The van der Waals surface area contributed by atoms with E-state index in [0.717, 1.165) is 43.5 Å². The van der Waals surface area contributed by atoms with Crippen LogP contribution in [-0.2, 0) is 11.2 Å². The summed E-state index contributed by atoms with van der Waals surface area (Å²) in [6.07, 6.45) is 3.24. The van der Waals surface area contributed by atoms with Gasteiger partial charge >= 0.3 is 0 Å². The first-order valence-electron chi connectivity index (χ1n) is 6.81. The number of hydrogen-bond donors (Lipinski definition) is 1. The predicted octanol–water partition coefficient (Wildman–Crippen LogP) is 3.79. The Morgan fingerprint density at radius 2 is 1.89 bits per heavy atom. The van der Waals surface area contributed by atoms with Crippen LogP contribution in [0.4, 0.5) is 0 Å². The molecule has 1 unspecified atom stereocenters. The van der Waals surface area contributed by atoms with Gasteiger partial charge in [0, 0.05) is 23.7 Å². The van der Waals surface area contributed by atoms with Crippen LogP contribution in [0, 0.1) is 0 Å². The van der Waals surface area contributed by atoms with Gasteiger partial charge in [-0.05, 0) is 43.5 Å². The maximum Gasteiger partial charge on any atom is 0.0480 e. The average Bonchev–Trinajstić information content (AvgIpc) is 2.37. The summed E-state index contributed by atoms with van der Waals surface area (Å²) < 4.78 is 6.71. The molecule has 2 nitrogen and oxygen atoms in total. The summed E-state index contributed by atoms with van der Waals surface area (Å²) in [6.45, 7) is 7.03. The molecule has 0 spiro atoms. The molecule has 1 aromatic rings. The average molecular weight is 314 g/mol. The number of halogens is 1. The van der Waals surface area contributed by atoms with Gasteiger partial charge in [0.15, 0.2) is 0 Å². The van der Waals surface area contributed by atoms with Crippen molar-refractivity contribution in [2.45, 2.75) is 39.2 Å². The molecule has 0 fully saturated rings. The van der Waals surface area contributed by atoms with Crippen molar-refractivity contribution in [3.8, 4) is 0 Å². The summed E-state index contributed by atoms with van der Waals surface area (Å²) in [7, 11) is 0. The molecule has 0 aliphatic carbocycles. The zero-order valence-corrected chi connectivity index (χ0v) is 13.0. The topological polar surface area (TPSA) is 21.3 Å². The van der Waals surface area contributed by atoms with Crippen molar-refractivity contribution in [2.24, 2.45) is 0 Å². The highest BCUT2D eigenvalue weighted by Gasteiger charge is 2.08. The van der Waals surface area contributed by atoms with Crippen LogP contribution in [-0.4, -0.2) is 25.8 Å². The summed E-state index contributed by atoms with van der Waals surface area (Å²) in [4.78, 5) is 0. The molecule has 1 atom stereocenters. The molecule has 1 N–H and O–H groups in total. The molecule has 0 amide bonds. The van der Waals surface area contributed by atoms with Gasteiger partial charge < -0.3 is 10.1 Å². The van der Waals surface area contributed by atoms with Gasteiger partial charge in [0.05, 0.1) is 0 Å². The van der Waals surface area contributed by atoms with E-state index >= 15 is 0 Å². The third kappa shape index (κ3) is 6.53. The lowest BCUT2D eigenvalue weighted by molar-refractivity contribution is 0.124. The Bertz CT molecular complexity index is 313. The SMILES string of the molecule is CCCOCCC(Cc1ccc(Br)cc1)NCC. The van der Waals surface area contributed by atoms with Gasteiger partial charge in [-0.3, -0.25) is 0 Å². The van der Waals surface area contributed by atoms with Crippen LogP contribution in [0.5, 0.6) is 0 Å². The Kier molecular flexibility index (Phi) is 8.31. The van der Waals surface area contributed by atoms with E-state index in [2.05, 4.69) is 59.4 Å². The molecule has 0 saturated heterocycles. The third-order valence-corrected chi connectivity index (χ3v) is 3.38. The minimum Gasteiger partial charge on any atom is -0.381 e. The van der Waals surface area contributed by atoms with Crippen LogP contribution in [0.15, 0.2) is 28.7 Å². The van der Waals surface area contributed by atoms with E-state index < -0.39 is 0 Å². The molecule has 102 valence electrons. The summed E-state index contributed by atoms with van der Waals surface area (Å²) >= 11 is 3.47. The fourth-order valence-electron chi connectivity index (χ4n) is 1.94. The predicted molar refractivity (Wildman–Crippen MR) is 81.0 cm³/mol. The van der Waals surface area contributed by atoms with Crippen molar-refractivity contribution in [2.75, 3.05) is 19.8 Å². The molecule has 0 aromatic heterocycles. The van der Waals surface area contributed by atoms with Crippen molar-refractivity contribution < 1.29 is 4.74 Å². The molecule has 0 bridgehead atoms. The lowest BCUT2D eigenvalue weighted by Crippen LogP contribution is -2.32. The van der Waals surface area contributed by atoms with E-state index in [0.29, 0.717) is 6.04 Å². The number of benzene rings is 1. The Morgan fingerprint density at radius 3 is 2.50 bits per heavy atom. The lowest BCUT2D eigenvalue weighted by atomic mass is 10.0. The Labute approximate surface area is 119 Å². The molecule has 0 aliphatic rings. The first-order valence-corrected chi connectivity index (χ1v) is 7.61. The highest BCUT2D eigenvalue weighted by Crippen LogP contribution is 2.13. The minimum absolute atomic E-state index is 0.507. The van der Waals surface area contributed by atoms with Crippen LogP contribution in [0.3, 0.4) is 0 Å². The summed E-state index contributed by atoms with van der Waals surface area (Å²) in [5.41, 5.74) is 1.37. The van der Waals surface area contributed by atoms with Gasteiger partial charge in [-0.25, -0.2) is 0 Å². The van der Waals surface area contributed by atoms with E-state index in [-0.39, 0.29) is 0 Å². The summed E-state index contributed by atoms with van der Waals surface area (Å²) in [5.74, 6) is 0. The van der Waals surface area contributed by atoms with E-state index in [1.807, 2.05) is 0 Å². The molecule has 18 heavy (non-hydrogen) atoms. The van der Waals surface area contributed by atoms with Crippen LogP contribution in [0.1, 0.15) is 32.3 Å². The fraction of sp³-hybridized carbons (Fsp3) is 0.600. The van der Waals surface area contributed by atoms with Crippen molar-refractivity contribution in [3.63, 3.8) is 0 Å². The van der Waals surface area contributed by atoms with Crippen molar-refractivity contribution in [1.82, 2.24) is 5.32 Å². The molecule has 0 radical (unpaired) electrons. The highest BCUT2D eigenvalue weighted by molar-refractivity contribution is 9.10. The molecule has 1 rings (SSSR count). The first kappa shape index (κ1) is 15.7. The van der Waals surface area contributed by atoms with Crippen molar-refractivity contribution in [1.29, 1.82) is 0 Å². The van der Waals surface area contributed by atoms with Gasteiger partial charge in [0.25, 0.3) is 0 Å². The number of likely N-dealkylation sites (N-methyl/N-ethyl adjacent to an activating group) is 1. The normalized spacial score (nSPS) is 12.6. The lowest BCUT2D eigenvalue weighted by Gasteiger charge is -2.18. The maximum atomic E-state index is 5.57. The zero-order valence-electron chi connectivity index (χ0n) is 11.4. The molecule has 3 heteroatoms. The molecule has 0 heterocycles. The standard InChI is InChI=1S/C15H24BrNO/c1-3-10-18-11-9-15(17-4-2)12-13-5-7-14(16)8-6-13/h5-8,15,17H,3-4,9-12H2,1-2H3. The van der Waals surface area contributed by atoms with Crippen molar-refractivity contribution in [3.05, 3.63) is 34.3 Å². The number of hydrogen-bond acceptors (Lipinski definition) is 2. The smallest absolute Gasteiger partial charge is 0.0480 e. The van der Waals surface area contributed by atoms with Gasteiger partial charge in [0.2, 0.25) is 0 Å². The highest BCUT2D eigenvalue weighted by atomic mass is 79.9. The van der Waals surface area contributed by atoms with E-state index in [4.69, 9.17) is 4.74 Å². The number of nitrogens with one attached hydrogen (secondary N) is 1. The zero-order chi connectivity index (χ0) is 13.2. The van der Waals surface area contributed by atoms with Crippen LogP contribution >= 0.6 is 15.9 Å². The van der Waals surface area contributed by atoms with Gasteiger partial charge in [0.1, 0.15) is 0 Å². The van der Waals surface area contributed by atoms with Crippen molar-refractivity contribution >= 4 is 15.9 Å². The monoisotopic (exact) mass is 313 g/mol. The van der Waals surface area contributed by atoms with Gasteiger partial charge in [-0.2, -0.15) is 0 Å². The molecular formula is C15H24BrNO. The van der Waals surface area contributed by atoms with E-state index in [1.165, 1.54) is 5.56 Å². The fourth-order valence-corrected chi connectivity index (χ4v) is 2.21. The Morgan fingerprint density at radius 1 is 1.17 bits per heavy atom. The second kappa shape index (κ2) is 9.54. The molecular weight excluding hydrogens is 290 g/mol. The summed E-state index contributed by atoms with van der Waals surface area (Å²) in [6, 6.07) is 9.08. The minimum atomic E-state index is 0.507. The largest absolute Gasteiger partial charge is 0.381 e. The van der Waals surface area contributed by atoms with E-state index in [9.17, 15) is 0 Å². The van der Waals surface area contributed by atoms with Crippen LogP contribution in [0.25, 0.3) is 0 Å². The molecule has 0 aliphatic heterocycles.